The minimum Gasteiger partial charge on any atom is -0.478 e. The first kappa shape index (κ1) is 15.6. The van der Waals surface area contributed by atoms with Crippen molar-refractivity contribution in [3.63, 3.8) is 0 Å². The Morgan fingerprint density at radius 3 is 2.76 bits per heavy atom. The molecule has 0 aliphatic carbocycles. The van der Waals surface area contributed by atoms with Crippen molar-refractivity contribution < 1.29 is 9.90 Å². The maximum Gasteiger partial charge on any atom is 0.336 e. The van der Waals surface area contributed by atoms with Crippen molar-refractivity contribution in [2.45, 2.75) is 19.4 Å². The molecule has 2 aromatic rings. The number of rotatable bonds is 6. The number of pyridine rings is 1. The lowest BCUT2D eigenvalue weighted by Gasteiger charge is -2.28. The second-order valence-electron chi connectivity index (χ2n) is 4.98. The summed E-state index contributed by atoms with van der Waals surface area (Å²) in [6.07, 6.45) is 3.15. The van der Waals surface area contributed by atoms with Gasteiger partial charge in [-0.3, -0.25) is 0 Å². The van der Waals surface area contributed by atoms with Crippen LogP contribution in [0.25, 0.3) is 10.9 Å². The van der Waals surface area contributed by atoms with Crippen LogP contribution in [0.4, 0.5) is 5.82 Å². The number of anilines is 1. The number of aromatic nitrogens is 1. The van der Waals surface area contributed by atoms with Crippen molar-refractivity contribution in [1.29, 1.82) is 0 Å². The third-order valence-corrected chi connectivity index (χ3v) is 4.41. The van der Waals surface area contributed by atoms with Gasteiger partial charge in [-0.2, -0.15) is 11.8 Å². The lowest BCUT2D eigenvalue weighted by atomic mass is 10.1. The number of nitrogens with zero attached hydrogens (tertiary/aromatic N) is 2. The molecular formula is C16H20N2O2S. The molecule has 1 N–H and O–H groups in total. The van der Waals surface area contributed by atoms with E-state index in [0.29, 0.717) is 17.0 Å². The minimum atomic E-state index is -0.919. The second kappa shape index (κ2) is 6.80. The van der Waals surface area contributed by atoms with Crippen LogP contribution in [-0.2, 0) is 0 Å². The molecule has 0 aliphatic heterocycles. The average Bonchev–Trinajstić information content (AvgIpc) is 2.50. The summed E-state index contributed by atoms with van der Waals surface area (Å²) in [7, 11) is 2.04. The predicted molar refractivity (Wildman–Crippen MR) is 89.6 cm³/mol. The Bertz CT molecular complexity index is 645. The maximum atomic E-state index is 11.2. The van der Waals surface area contributed by atoms with E-state index in [1.807, 2.05) is 37.0 Å². The van der Waals surface area contributed by atoms with Gasteiger partial charge in [0.1, 0.15) is 5.82 Å². The number of aromatic carboxylic acids is 1. The summed E-state index contributed by atoms with van der Waals surface area (Å²) in [5.74, 6) is 1.00. The molecule has 5 heteroatoms. The Balaban J connectivity index is 2.41. The van der Waals surface area contributed by atoms with Gasteiger partial charge >= 0.3 is 5.97 Å². The minimum absolute atomic E-state index is 0.297. The number of carboxylic acids is 1. The zero-order valence-electron chi connectivity index (χ0n) is 12.5. The Morgan fingerprint density at radius 1 is 1.38 bits per heavy atom. The number of hydrogen-bond donors (Lipinski definition) is 1. The van der Waals surface area contributed by atoms with E-state index < -0.39 is 5.97 Å². The number of hydrogen-bond acceptors (Lipinski definition) is 4. The lowest BCUT2D eigenvalue weighted by Crippen LogP contribution is -2.33. The van der Waals surface area contributed by atoms with Gasteiger partial charge in [-0.25, -0.2) is 9.78 Å². The fourth-order valence-electron chi connectivity index (χ4n) is 2.41. The molecule has 1 aromatic carbocycles. The highest BCUT2D eigenvalue weighted by atomic mass is 32.2. The van der Waals surface area contributed by atoms with E-state index in [9.17, 15) is 9.90 Å². The molecule has 21 heavy (non-hydrogen) atoms. The number of fused-ring (bicyclic) bond motifs is 1. The predicted octanol–water partition coefficient (Wildman–Crippen LogP) is 3.51. The Morgan fingerprint density at radius 2 is 2.14 bits per heavy atom. The van der Waals surface area contributed by atoms with Gasteiger partial charge in [-0.15, -0.1) is 0 Å². The molecule has 0 aliphatic rings. The summed E-state index contributed by atoms with van der Waals surface area (Å²) in [4.78, 5) is 18.0. The van der Waals surface area contributed by atoms with Crippen LogP contribution in [0.3, 0.4) is 0 Å². The fourth-order valence-corrected chi connectivity index (χ4v) is 3.25. The van der Waals surface area contributed by atoms with E-state index in [1.54, 1.807) is 12.1 Å². The summed E-state index contributed by atoms with van der Waals surface area (Å²) in [5, 5.41) is 9.90. The topological polar surface area (TPSA) is 53.4 Å². The van der Waals surface area contributed by atoms with Crippen LogP contribution in [0.5, 0.6) is 0 Å². The van der Waals surface area contributed by atoms with Crippen molar-refractivity contribution >= 4 is 34.5 Å². The van der Waals surface area contributed by atoms with Crippen molar-refractivity contribution in [1.82, 2.24) is 4.98 Å². The van der Waals surface area contributed by atoms with E-state index in [1.165, 1.54) is 0 Å². The van der Waals surface area contributed by atoms with Gasteiger partial charge in [0.25, 0.3) is 0 Å². The van der Waals surface area contributed by atoms with E-state index >= 15 is 0 Å². The zero-order valence-corrected chi connectivity index (χ0v) is 13.4. The van der Waals surface area contributed by atoms with E-state index in [4.69, 9.17) is 0 Å². The number of carbonyl (C=O) groups is 1. The van der Waals surface area contributed by atoms with Gasteiger partial charge in [0, 0.05) is 24.2 Å². The standard InChI is InChI=1S/C16H20N2O2S/c1-4-11(10-21-3)18(2)15-9-8-12-13(16(19)20)6-5-7-14(12)17-15/h5-9,11H,4,10H2,1-3H3,(H,19,20). The van der Waals surface area contributed by atoms with E-state index in [2.05, 4.69) is 23.1 Å². The molecule has 4 nitrogen and oxygen atoms in total. The van der Waals surface area contributed by atoms with Crippen molar-refractivity contribution in [3.8, 4) is 0 Å². The first-order valence-electron chi connectivity index (χ1n) is 6.93. The molecule has 0 saturated heterocycles. The summed E-state index contributed by atoms with van der Waals surface area (Å²) >= 11 is 1.82. The molecule has 0 fully saturated rings. The number of carboxylic acid groups (broad SMARTS) is 1. The van der Waals surface area contributed by atoms with Gasteiger partial charge in [-0.1, -0.05) is 13.0 Å². The Hall–Kier alpha value is -1.75. The third-order valence-electron chi connectivity index (χ3n) is 3.69. The second-order valence-corrected chi connectivity index (χ2v) is 5.89. The van der Waals surface area contributed by atoms with Gasteiger partial charge in [0.15, 0.2) is 0 Å². The lowest BCUT2D eigenvalue weighted by molar-refractivity contribution is 0.0699. The van der Waals surface area contributed by atoms with Crippen LogP contribution >= 0.6 is 11.8 Å². The molecule has 0 amide bonds. The molecule has 112 valence electrons. The maximum absolute atomic E-state index is 11.2. The molecule has 1 heterocycles. The highest BCUT2D eigenvalue weighted by Gasteiger charge is 2.15. The number of benzene rings is 1. The quantitative estimate of drug-likeness (QED) is 0.885. The van der Waals surface area contributed by atoms with Crippen LogP contribution in [0.15, 0.2) is 30.3 Å². The number of thioether (sulfide) groups is 1. The molecule has 1 unspecified atom stereocenters. The van der Waals surface area contributed by atoms with Crippen molar-refractivity contribution in [2.75, 3.05) is 24.0 Å². The first-order valence-corrected chi connectivity index (χ1v) is 8.32. The van der Waals surface area contributed by atoms with Gasteiger partial charge < -0.3 is 10.0 Å². The molecule has 2 rings (SSSR count). The third kappa shape index (κ3) is 3.29. The van der Waals surface area contributed by atoms with Crippen molar-refractivity contribution in [3.05, 3.63) is 35.9 Å². The van der Waals surface area contributed by atoms with Crippen molar-refractivity contribution in [2.24, 2.45) is 0 Å². The molecule has 1 aromatic heterocycles. The molecule has 0 radical (unpaired) electrons. The monoisotopic (exact) mass is 304 g/mol. The smallest absolute Gasteiger partial charge is 0.336 e. The average molecular weight is 304 g/mol. The van der Waals surface area contributed by atoms with Gasteiger partial charge in [-0.05, 0) is 36.9 Å². The van der Waals surface area contributed by atoms with E-state index in [-0.39, 0.29) is 0 Å². The summed E-state index contributed by atoms with van der Waals surface area (Å²) in [5.41, 5.74) is 1.02. The summed E-state index contributed by atoms with van der Waals surface area (Å²) in [6, 6.07) is 9.38. The van der Waals surface area contributed by atoms with Gasteiger partial charge in [0.05, 0.1) is 11.1 Å². The summed E-state index contributed by atoms with van der Waals surface area (Å²) < 4.78 is 0. The fraction of sp³-hybridized carbons (Fsp3) is 0.375. The van der Waals surface area contributed by atoms with Crippen LogP contribution in [0.2, 0.25) is 0 Å². The highest BCUT2D eigenvalue weighted by molar-refractivity contribution is 7.98. The Labute approximate surface area is 129 Å². The van der Waals surface area contributed by atoms with Crippen LogP contribution < -0.4 is 4.90 Å². The zero-order chi connectivity index (χ0) is 15.4. The van der Waals surface area contributed by atoms with Crippen LogP contribution in [0, 0.1) is 0 Å². The molecule has 0 spiro atoms. The Kier molecular flexibility index (Phi) is 5.07. The first-order chi connectivity index (χ1) is 10.1. The SMILES string of the molecule is CCC(CSC)N(C)c1ccc2c(C(=O)O)cccc2n1. The van der Waals surface area contributed by atoms with E-state index in [0.717, 1.165) is 23.5 Å². The highest BCUT2D eigenvalue weighted by Crippen LogP contribution is 2.23. The molecular weight excluding hydrogens is 284 g/mol. The molecule has 0 saturated carbocycles. The largest absolute Gasteiger partial charge is 0.478 e. The molecule has 1 atom stereocenters. The van der Waals surface area contributed by atoms with Crippen LogP contribution in [-0.4, -0.2) is 41.2 Å². The summed E-state index contributed by atoms with van der Waals surface area (Å²) in [6.45, 7) is 2.17. The normalized spacial score (nSPS) is 12.3. The van der Waals surface area contributed by atoms with Crippen LogP contribution in [0.1, 0.15) is 23.7 Å². The molecule has 0 bridgehead atoms. The van der Waals surface area contributed by atoms with Gasteiger partial charge in [0.2, 0.25) is 0 Å².